The zero-order chi connectivity index (χ0) is 50.0. The fourth-order valence-corrected chi connectivity index (χ4v) is 8.07. The summed E-state index contributed by atoms with van der Waals surface area (Å²) in [4.78, 5) is 38.0. The van der Waals surface area contributed by atoms with Crippen LogP contribution in [0.1, 0.15) is 278 Å². The van der Waals surface area contributed by atoms with Crippen LogP contribution < -0.4 is 0 Å². The number of allylic oxidation sites excluding steroid dienone is 14. The molecule has 0 N–H and O–H groups in total. The molecule has 0 radical (unpaired) electrons. The minimum Gasteiger partial charge on any atom is -0.462 e. The van der Waals surface area contributed by atoms with Crippen molar-refractivity contribution in [3.05, 3.63) is 85.1 Å². The number of unbranched alkanes of at least 4 members (excludes halogenated alkanes) is 27. The smallest absolute Gasteiger partial charge is 0.306 e. The van der Waals surface area contributed by atoms with Gasteiger partial charge in [-0.05, 0) is 77.0 Å². The molecule has 0 saturated heterocycles. The van der Waals surface area contributed by atoms with Gasteiger partial charge in [-0.2, -0.15) is 0 Å². The van der Waals surface area contributed by atoms with Crippen molar-refractivity contribution in [2.45, 2.75) is 284 Å². The van der Waals surface area contributed by atoms with E-state index in [2.05, 4.69) is 106 Å². The quantitative estimate of drug-likeness (QED) is 0.0262. The van der Waals surface area contributed by atoms with Crippen LogP contribution >= 0.6 is 0 Å². The van der Waals surface area contributed by atoms with Crippen molar-refractivity contribution >= 4 is 17.9 Å². The monoisotopic (exact) mass is 961 g/mol. The van der Waals surface area contributed by atoms with Gasteiger partial charge in [0.15, 0.2) is 6.10 Å². The molecule has 0 aromatic carbocycles. The van der Waals surface area contributed by atoms with E-state index in [9.17, 15) is 14.4 Å². The Morgan fingerprint density at radius 2 is 0.565 bits per heavy atom. The second-order valence-electron chi connectivity index (χ2n) is 19.2. The summed E-state index contributed by atoms with van der Waals surface area (Å²) in [6, 6.07) is 0. The van der Waals surface area contributed by atoms with Gasteiger partial charge in [0.05, 0.1) is 0 Å². The SMILES string of the molecule is CC/C=C\C/C=C\C/C=C\C/C=C\C/C=C\C/C=C\C/C=C\CCCCCC(=O)OCC(COC(=O)CCCCCCCCCC)OC(=O)CCCCCCCCCCCCCCCCCCCC. The molecule has 0 aliphatic carbocycles. The molecule has 0 fully saturated rings. The van der Waals surface area contributed by atoms with Crippen LogP contribution in [0.2, 0.25) is 0 Å². The number of esters is 3. The predicted octanol–water partition coefficient (Wildman–Crippen LogP) is 19.5. The zero-order valence-corrected chi connectivity index (χ0v) is 45.3. The summed E-state index contributed by atoms with van der Waals surface area (Å²) in [6.07, 6.45) is 74.5. The van der Waals surface area contributed by atoms with E-state index in [1.165, 1.54) is 128 Å². The van der Waals surface area contributed by atoms with Crippen LogP contribution in [-0.4, -0.2) is 37.2 Å². The standard InChI is InChI=1S/C63H108O6/c1-4-7-10-13-16-19-21-23-25-27-29-30-31-32-33-34-35-37-38-40-42-44-47-50-53-56-62(65)68-59-60(58-67-61(64)55-52-49-46-18-15-12-9-6-3)69-63(66)57-54-51-48-45-43-41-39-36-28-26-24-22-20-17-14-11-8-5-2/h7,10,16,19,23,25,29-30,32-33,35,37,40,42,60H,4-6,8-9,11-15,17-18,20-22,24,26-28,31,34,36,38-39,41,43-59H2,1-3H3/b10-7-,19-16-,25-23-,30-29-,33-32-,37-35-,42-40-. The fourth-order valence-electron chi connectivity index (χ4n) is 8.07. The average molecular weight is 962 g/mol. The lowest BCUT2D eigenvalue weighted by Crippen LogP contribution is -2.30. The third kappa shape index (κ3) is 55.4. The van der Waals surface area contributed by atoms with Crippen molar-refractivity contribution in [2.75, 3.05) is 13.2 Å². The molecular weight excluding hydrogens is 853 g/mol. The summed E-state index contributed by atoms with van der Waals surface area (Å²) in [5, 5.41) is 0. The van der Waals surface area contributed by atoms with Gasteiger partial charge in [0.1, 0.15) is 13.2 Å². The van der Waals surface area contributed by atoms with Crippen LogP contribution in [0.4, 0.5) is 0 Å². The molecule has 0 heterocycles. The molecule has 69 heavy (non-hydrogen) atoms. The second kappa shape index (κ2) is 57.2. The number of rotatable bonds is 52. The number of hydrogen-bond donors (Lipinski definition) is 0. The average Bonchev–Trinajstić information content (AvgIpc) is 3.35. The lowest BCUT2D eigenvalue weighted by molar-refractivity contribution is -0.167. The Morgan fingerprint density at radius 3 is 0.884 bits per heavy atom. The largest absolute Gasteiger partial charge is 0.462 e. The van der Waals surface area contributed by atoms with Gasteiger partial charge in [-0.1, -0.05) is 266 Å². The lowest BCUT2D eigenvalue weighted by atomic mass is 10.0. The van der Waals surface area contributed by atoms with E-state index in [0.717, 1.165) is 109 Å². The topological polar surface area (TPSA) is 78.9 Å². The van der Waals surface area contributed by atoms with Crippen LogP contribution in [0, 0.1) is 0 Å². The first-order chi connectivity index (χ1) is 34.0. The number of carbonyl (C=O) groups is 3. The van der Waals surface area contributed by atoms with E-state index in [1.807, 2.05) is 0 Å². The molecule has 0 amide bonds. The van der Waals surface area contributed by atoms with E-state index in [0.29, 0.717) is 19.3 Å². The molecule has 1 unspecified atom stereocenters. The molecule has 6 heteroatoms. The summed E-state index contributed by atoms with van der Waals surface area (Å²) in [5.74, 6) is -0.915. The summed E-state index contributed by atoms with van der Waals surface area (Å²) in [5.41, 5.74) is 0. The molecule has 6 nitrogen and oxygen atoms in total. The minimum atomic E-state index is -0.786. The first-order valence-corrected chi connectivity index (χ1v) is 29.1. The minimum absolute atomic E-state index is 0.0844. The van der Waals surface area contributed by atoms with Crippen LogP contribution in [0.5, 0.6) is 0 Å². The highest BCUT2D eigenvalue weighted by Crippen LogP contribution is 2.16. The molecule has 0 spiro atoms. The molecular formula is C63H108O6. The van der Waals surface area contributed by atoms with Gasteiger partial charge >= 0.3 is 17.9 Å². The zero-order valence-electron chi connectivity index (χ0n) is 45.3. The number of carbonyl (C=O) groups excluding carboxylic acids is 3. The van der Waals surface area contributed by atoms with Gasteiger partial charge in [0, 0.05) is 19.3 Å². The maximum Gasteiger partial charge on any atom is 0.306 e. The molecule has 0 saturated carbocycles. The Kier molecular flexibility index (Phi) is 54.3. The highest BCUT2D eigenvalue weighted by Gasteiger charge is 2.19. The van der Waals surface area contributed by atoms with Gasteiger partial charge in [-0.25, -0.2) is 0 Å². The molecule has 396 valence electrons. The molecule has 0 aromatic heterocycles. The Labute approximate surface area is 426 Å². The van der Waals surface area contributed by atoms with E-state index in [4.69, 9.17) is 14.2 Å². The van der Waals surface area contributed by atoms with Crippen molar-refractivity contribution in [1.82, 2.24) is 0 Å². The van der Waals surface area contributed by atoms with Crippen LogP contribution in [-0.2, 0) is 28.6 Å². The third-order valence-corrected chi connectivity index (χ3v) is 12.4. The van der Waals surface area contributed by atoms with Crippen LogP contribution in [0.15, 0.2) is 85.1 Å². The van der Waals surface area contributed by atoms with Crippen molar-refractivity contribution in [1.29, 1.82) is 0 Å². The van der Waals surface area contributed by atoms with Crippen LogP contribution in [0.3, 0.4) is 0 Å². The molecule has 0 aliphatic rings. The predicted molar refractivity (Wildman–Crippen MR) is 297 cm³/mol. The maximum atomic E-state index is 12.8. The van der Waals surface area contributed by atoms with Crippen molar-refractivity contribution in [3.8, 4) is 0 Å². The maximum absolute atomic E-state index is 12.8. The summed E-state index contributed by atoms with van der Waals surface area (Å²) < 4.78 is 16.8. The van der Waals surface area contributed by atoms with Crippen molar-refractivity contribution in [2.24, 2.45) is 0 Å². The Balaban J connectivity index is 4.30. The molecule has 1 atom stereocenters. The number of ether oxygens (including phenoxy) is 3. The van der Waals surface area contributed by atoms with E-state index in [-0.39, 0.29) is 31.1 Å². The fraction of sp³-hybridized carbons (Fsp3) is 0.730. The summed E-state index contributed by atoms with van der Waals surface area (Å²) in [6.45, 7) is 6.49. The molecule has 0 rings (SSSR count). The molecule has 0 bridgehead atoms. The first-order valence-electron chi connectivity index (χ1n) is 29.1. The Bertz CT molecular complexity index is 1330. The second-order valence-corrected chi connectivity index (χ2v) is 19.2. The van der Waals surface area contributed by atoms with Gasteiger partial charge in [-0.15, -0.1) is 0 Å². The van der Waals surface area contributed by atoms with E-state index in [1.54, 1.807) is 0 Å². The highest BCUT2D eigenvalue weighted by molar-refractivity contribution is 5.71. The number of hydrogen-bond acceptors (Lipinski definition) is 6. The van der Waals surface area contributed by atoms with E-state index < -0.39 is 6.10 Å². The highest BCUT2D eigenvalue weighted by atomic mass is 16.6. The van der Waals surface area contributed by atoms with Gasteiger partial charge in [-0.3, -0.25) is 14.4 Å². The summed E-state index contributed by atoms with van der Waals surface area (Å²) in [7, 11) is 0. The van der Waals surface area contributed by atoms with Gasteiger partial charge < -0.3 is 14.2 Å². The first kappa shape index (κ1) is 65.6. The molecule has 0 aromatic rings. The Morgan fingerprint density at radius 1 is 0.304 bits per heavy atom. The Hall–Kier alpha value is -3.41. The lowest BCUT2D eigenvalue weighted by Gasteiger charge is -2.18. The van der Waals surface area contributed by atoms with Crippen molar-refractivity contribution < 1.29 is 28.6 Å². The molecule has 0 aliphatic heterocycles. The summed E-state index contributed by atoms with van der Waals surface area (Å²) >= 11 is 0. The van der Waals surface area contributed by atoms with Crippen LogP contribution in [0.25, 0.3) is 0 Å². The van der Waals surface area contributed by atoms with Gasteiger partial charge in [0.2, 0.25) is 0 Å². The van der Waals surface area contributed by atoms with Gasteiger partial charge in [0.25, 0.3) is 0 Å². The van der Waals surface area contributed by atoms with E-state index >= 15 is 0 Å². The van der Waals surface area contributed by atoms with Crippen molar-refractivity contribution in [3.63, 3.8) is 0 Å². The third-order valence-electron chi connectivity index (χ3n) is 12.4. The normalized spacial score (nSPS) is 12.7.